The quantitative estimate of drug-likeness (QED) is 0.573. The molecule has 2 N–H and O–H groups in total. The minimum atomic E-state index is 0.170. The van der Waals surface area contributed by atoms with Crippen molar-refractivity contribution in [2.75, 3.05) is 0 Å². The standard InChI is InChI=1S/C9H8N4/c10-8-5-7-6(12-8)4-9-11-2-1-3-13(7)9/h1-5,7H,10H2. The Kier molecular flexibility index (Phi) is 1.07. The molecule has 0 aromatic rings. The van der Waals surface area contributed by atoms with Gasteiger partial charge in [0.2, 0.25) is 0 Å². The lowest BCUT2D eigenvalue weighted by Gasteiger charge is -2.21. The van der Waals surface area contributed by atoms with Crippen LogP contribution in [0.1, 0.15) is 0 Å². The van der Waals surface area contributed by atoms with Crippen LogP contribution in [0.25, 0.3) is 0 Å². The van der Waals surface area contributed by atoms with Gasteiger partial charge in [-0.2, -0.15) is 0 Å². The number of allylic oxidation sites excluding steroid dienone is 1. The molecule has 0 bridgehead atoms. The number of fused-ring (bicyclic) bond motifs is 3. The third kappa shape index (κ3) is 0.796. The van der Waals surface area contributed by atoms with Gasteiger partial charge in [0.25, 0.3) is 0 Å². The molecule has 3 heterocycles. The first-order chi connectivity index (χ1) is 6.34. The fraction of sp³-hybridized carbons (Fsp3) is 0.111. The molecule has 0 spiro atoms. The van der Waals surface area contributed by atoms with Crippen LogP contribution in [0, 0.1) is 0 Å². The first-order valence-electron chi connectivity index (χ1n) is 4.11. The van der Waals surface area contributed by atoms with Gasteiger partial charge in [-0.15, -0.1) is 0 Å². The lowest BCUT2D eigenvalue weighted by atomic mass is 10.2. The number of rotatable bonds is 0. The molecule has 0 amide bonds. The van der Waals surface area contributed by atoms with E-state index in [0.29, 0.717) is 5.82 Å². The minimum Gasteiger partial charge on any atom is -0.384 e. The highest BCUT2D eigenvalue weighted by Crippen LogP contribution is 2.28. The van der Waals surface area contributed by atoms with Crippen LogP contribution in [0.4, 0.5) is 0 Å². The molecule has 3 rings (SSSR count). The molecule has 3 aliphatic heterocycles. The average Bonchev–Trinajstić information content (AvgIpc) is 2.60. The van der Waals surface area contributed by atoms with E-state index in [-0.39, 0.29) is 6.04 Å². The summed E-state index contributed by atoms with van der Waals surface area (Å²) in [5.74, 6) is 1.54. The average molecular weight is 172 g/mol. The van der Waals surface area contributed by atoms with Gasteiger partial charge < -0.3 is 10.6 Å². The van der Waals surface area contributed by atoms with Gasteiger partial charge in [-0.1, -0.05) is 0 Å². The molecule has 13 heavy (non-hydrogen) atoms. The molecule has 1 atom stereocenters. The fourth-order valence-corrected chi connectivity index (χ4v) is 1.71. The van der Waals surface area contributed by atoms with Gasteiger partial charge in [0.15, 0.2) is 0 Å². The highest BCUT2D eigenvalue weighted by Gasteiger charge is 2.32. The van der Waals surface area contributed by atoms with Crippen molar-refractivity contribution < 1.29 is 0 Å². The van der Waals surface area contributed by atoms with Gasteiger partial charge in [-0.05, 0) is 12.2 Å². The van der Waals surface area contributed by atoms with E-state index in [1.165, 1.54) is 0 Å². The van der Waals surface area contributed by atoms with E-state index in [9.17, 15) is 0 Å². The van der Waals surface area contributed by atoms with E-state index in [2.05, 4.69) is 14.9 Å². The first kappa shape index (κ1) is 6.65. The van der Waals surface area contributed by atoms with Crippen molar-refractivity contribution in [3.05, 3.63) is 36.1 Å². The predicted molar refractivity (Wildman–Crippen MR) is 51.0 cm³/mol. The molecule has 0 aliphatic carbocycles. The highest BCUT2D eigenvalue weighted by atomic mass is 15.3. The normalized spacial score (nSPS) is 28.2. The molecule has 4 nitrogen and oxygen atoms in total. The Bertz CT molecular complexity index is 411. The van der Waals surface area contributed by atoms with Gasteiger partial charge in [-0.3, -0.25) is 0 Å². The van der Waals surface area contributed by atoms with E-state index in [4.69, 9.17) is 5.73 Å². The summed E-state index contributed by atoms with van der Waals surface area (Å²) in [6, 6.07) is 0.170. The Morgan fingerprint density at radius 1 is 1.46 bits per heavy atom. The van der Waals surface area contributed by atoms with Crippen molar-refractivity contribution in [2.45, 2.75) is 6.04 Å². The Hall–Kier alpha value is -1.84. The molecule has 0 aromatic heterocycles. The summed E-state index contributed by atoms with van der Waals surface area (Å²) in [4.78, 5) is 10.5. The first-order valence-corrected chi connectivity index (χ1v) is 4.11. The summed E-state index contributed by atoms with van der Waals surface area (Å²) in [5.41, 5.74) is 6.58. The van der Waals surface area contributed by atoms with Crippen LogP contribution in [-0.2, 0) is 0 Å². The molecule has 4 heteroatoms. The monoisotopic (exact) mass is 172 g/mol. The molecule has 64 valence electrons. The largest absolute Gasteiger partial charge is 0.384 e. The number of hydrogen-bond donors (Lipinski definition) is 1. The van der Waals surface area contributed by atoms with Crippen LogP contribution < -0.4 is 5.73 Å². The number of hydrogen-bond acceptors (Lipinski definition) is 4. The fourth-order valence-electron chi connectivity index (χ4n) is 1.71. The molecule has 3 aliphatic rings. The molecule has 0 saturated heterocycles. The molecule has 1 unspecified atom stereocenters. The Labute approximate surface area is 75.5 Å². The van der Waals surface area contributed by atoms with Crippen LogP contribution in [0.2, 0.25) is 0 Å². The maximum absolute atomic E-state index is 5.60. The second kappa shape index (κ2) is 2.10. The maximum atomic E-state index is 5.60. The van der Waals surface area contributed by atoms with E-state index in [0.717, 1.165) is 11.5 Å². The second-order valence-electron chi connectivity index (χ2n) is 3.10. The Morgan fingerprint density at radius 3 is 3.31 bits per heavy atom. The van der Waals surface area contributed by atoms with Crippen LogP contribution in [0.5, 0.6) is 0 Å². The zero-order valence-corrected chi connectivity index (χ0v) is 6.88. The number of nitrogens with zero attached hydrogens (tertiary/aromatic N) is 3. The SMILES string of the molecule is NC1=CC2C(=N1)C=C1N=CC=CN12. The van der Waals surface area contributed by atoms with Gasteiger partial charge in [-0.25, -0.2) is 9.98 Å². The van der Waals surface area contributed by atoms with E-state index < -0.39 is 0 Å². The molecule has 0 radical (unpaired) electrons. The summed E-state index contributed by atoms with van der Waals surface area (Å²) in [6.45, 7) is 0. The van der Waals surface area contributed by atoms with Crippen molar-refractivity contribution in [3.63, 3.8) is 0 Å². The zero-order chi connectivity index (χ0) is 8.84. The summed E-state index contributed by atoms with van der Waals surface area (Å²) in [5, 5.41) is 0. The van der Waals surface area contributed by atoms with E-state index in [1.807, 2.05) is 24.4 Å². The molecule has 0 fully saturated rings. The van der Waals surface area contributed by atoms with Gasteiger partial charge >= 0.3 is 0 Å². The summed E-state index contributed by atoms with van der Waals surface area (Å²) in [7, 11) is 0. The lowest BCUT2D eigenvalue weighted by molar-refractivity contribution is 0.478. The maximum Gasteiger partial charge on any atom is 0.135 e. The summed E-state index contributed by atoms with van der Waals surface area (Å²) in [6.07, 6.45) is 9.56. The molecule has 0 aromatic carbocycles. The topological polar surface area (TPSA) is 54.0 Å². The van der Waals surface area contributed by atoms with Crippen molar-refractivity contribution in [1.29, 1.82) is 0 Å². The third-order valence-electron chi connectivity index (χ3n) is 2.27. The van der Waals surface area contributed by atoms with Crippen LogP contribution in [0.15, 0.2) is 46.1 Å². The third-order valence-corrected chi connectivity index (χ3v) is 2.27. The van der Waals surface area contributed by atoms with Gasteiger partial charge in [0.1, 0.15) is 11.6 Å². The Balaban J connectivity index is 2.09. The predicted octanol–water partition coefficient (Wildman–Crippen LogP) is 0.365. The van der Waals surface area contributed by atoms with Gasteiger partial charge in [0, 0.05) is 18.5 Å². The van der Waals surface area contributed by atoms with Crippen molar-refractivity contribution in [2.24, 2.45) is 15.7 Å². The van der Waals surface area contributed by atoms with E-state index in [1.54, 1.807) is 6.21 Å². The molecular weight excluding hydrogens is 164 g/mol. The van der Waals surface area contributed by atoms with Crippen LogP contribution in [0.3, 0.4) is 0 Å². The van der Waals surface area contributed by atoms with Crippen molar-refractivity contribution in [3.8, 4) is 0 Å². The van der Waals surface area contributed by atoms with Crippen molar-refractivity contribution >= 4 is 11.9 Å². The van der Waals surface area contributed by atoms with E-state index >= 15 is 0 Å². The summed E-state index contributed by atoms with van der Waals surface area (Å²) >= 11 is 0. The van der Waals surface area contributed by atoms with Crippen LogP contribution >= 0.6 is 0 Å². The second-order valence-corrected chi connectivity index (χ2v) is 3.10. The summed E-state index contributed by atoms with van der Waals surface area (Å²) < 4.78 is 0. The molecular formula is C9H8N4. The minimum absolute atomic E-state index is 0.170. The zero-order valence-electron chi connectivity index (χ0n) is 6.88. The van der Waals surface area contributed by atoms with Crippen LogP contribution in [-0.4, -0.2) is 22.9 Å². The Morgan fingerprint density at radius 2 is 2.38 bits per heavy atom. The van der Waals surface area contributed by atoms with Gasteiger partial charge in [0.05, 0.1) is 11.8 Å². The highest BCUT2D eigenvalue weighted by molar-refractivity contribution is 6.06. The number of nitrogens with two attached hydrogens (primary N) is 1. The number of aliphatic imine (C=N–C) groups is 2. The smallest absolute Gasteiger partial charge is 0.135 e. The molecule has 0 saturated carbocycles. The lowest BCUT2D eigenvalue weighted by Crippen LogP contribution is -2.27. The van der Waals surface area contributed by atoms with Crippen molar-refractivity contribution in [1.82, 2.24) is 4.90 Å².